The SMILES string of the molecule is CCOc1ccc(-c2cc3c(=O)n(CC(=O)N4CCCCCC4)ccn3n2)cc1. The number of ether oxygens (including phenoxy) is 1. The van der Waals surface area contributed by atoms with Crippen LogP contribution in [0.5, 0.6) is 5.75 Å². The van der Waals surface area contributed by atoms with E-state index in [1.807, 2.05) is 36.1 Å². The van der Waals surface area contributed by atoms with Crippen LogP contribution in [-0.4, -0.2) is 44.7 Å². The largest absolute Gasteiger partial charge is 0.494 e. The summed E-state index contributed by atoms with van der Waals surface area (Å²) >= 11 is 0. The van der Waals surface area contributed by atoms with Gasteiger partial charge in [-0.15, -0.1) is 0 Å². The molecule has 7 heteroatoms. The second-order valence-corrected chi connectivity index (χ2v) is 7.34. The Hall–Kier alpha value is -3.09. The van der Waals surface area contributed by atoms with Gasteiger partial charge >= 0.3 is 0 Å². The number of likely N-dealkylation sites (tertiary alicyclic amines) is 1. The van der Waals surface area contributed by atoms with Crippen molar-refractivity contribution in [2.24, 2.45) is 0 Å². The number of carbonyl (C=O) groups excluding carboxylic acids is 1. The number of aromatic nitrogens is 3. The predicted octanol–water partition coefficient (Wildman–Crippen LogP) is 2.96. The Balaban J connectivity index is 1.57. The Labute approximate surface area is 169 Å². The van der Waals surface area contributed by atoms with Crippen LogP contribution in [0.15, 0.2) is 47.5 Å². The lowest BCUT2D eigenvalue weighted by Gasteiger charge is -2.20. The lowest BCUT2D eigenvalue weighted by molar-refractivity contribution is -0.131. The lowest BCUT2D eigenvalue weighted by atomic mass is 10.1. The fraction of sp³-hybridized carbons (Fsp3) is 0.409. The molecule has 7 nitrogen and oxygen atoms in total. The summed E-state index contributed by atoms with van der Waals surface area (Å²) < 4.78 is 8.52. The van der Waals surface area contributed by atoms with Gasteiger partial charge in [0.2, 0.25) is 5.91 Å². The highest BCUT2D eigenvalue weighted by molar-refractivity contribution is 5.76. The zero-order valence-corrected chi connectivity index (χ0v) is 16.7. The van der Waals surface area contributed by atoms with Crippen LogP contribution in [0, 0.1) is 0 Å². The minimum absolute atomic E-state index is 0.00426. The van der Waals surface area contributed by atoms with E-state index in [0.29, 0.717) is 17.8 Å². The summed E-state index contributed by atoms with van der Waals surface area (Å²) in [6.07, 6.45) is 7.77. The molecule has 1 aliphatic heterocycles. The van der Waals surface area contributed by atoms with E-state index in [2.05, 4.69) is 5.10 Å². The number of amides is 1. The maximum absolute atomic E-state index is 12.9. The Morgan fingerprint density at radius 2 is 1.79 bits per heavy atom. The summed E-state index contributed by atoms with van der Waals surface area (Å²) in [5.41, 5.74) is 1.87. The molecular formula is C22H26N4O3. The van der Waals surface area contributed by atoms with Crippen LogP contribution in [0.25, 0.3) is 16.8 Å². The molecule has 4 rings (SSSR count). The van der Waals surface area contributed by atoms with E-state index in [1.54, 1.807) is 23.0 Å². The molecule has 0 atom stereocenters. The molecule has 0 saturated carbocycles. The maximum atomic E-state index is 12.9. The highest BCUT2D eigenvalue weighted by atomic mass is 16.5. The average molecular weight is 394 g/mol. The molecule has 1 aromatic carbocycles. The first-order chi connectivity index (χ1) is 14.2. The molecule has 0 bridgehead atoms. The van der Waals surface area contributed by atoms with Gasteiger partial charge in [-0.3, -0.25) is 9.59 Å². The number of carbonyl (C=O) groups is 1. The van der Waals surface area contributed by atoms with Crippen LogP contribution in [-0.2, 0) is 11.3 Å². The van der Waals surface area contributed by atoms with Crippen molar-refractivity contribution in [3.63, 3.8) is 0 Å². The third-order valence-electron chi connectivity index (χ3n) is 5.33. The highest BCUT2D eigenvalue weighted by Crippen LogP contribution is 2.22. The molecule has 1 saturated heterocycles. The average Bonchev–Trinajstić information content (AvgIpc) is 2.98. The zero-order chi connectivity index (χ0) is 20.2. The molecule has 1 aliphatic rings. The lowest BCUT2D eigenvalue weighted by Crippen LogP contribution is -2.37. The van der Waals surface area contributed by atoms with E-state index in [-0.39, 0.29) is 18.0 Å². The van der Waals surface area contributed by atoms with Gasteiger partial charge in [0.25, 0.3) is 5.56 Å². The van der Waals surface area contributed by atoms with Crippen LogP contribution in [0.1, 0.15) is 32.6 Å². The smallest absolute Gasteiger partial charge is 0.277 e. The summed E-state index contributed by atoms with van der Waals surface area (Å²) in [6, 6.07) is 9.40. The van der Waals surface area contributed by atoms with Crippen molar-refractivity contribution in [3.05, 3.63) is 53.1 Å². The number of rotatable bonds is 5. The first kappa shape index (κ1) is 19.2. The van der Waals surface area contributed by atoms with Crippen LogP contribution in [0.2, 0.25) is 0 Å². The maximum Gasteiger partial charge on any atom is 0.277 e. The summed E-state index contributed by atoms with van der Waals surface area (Å²) in [6.45, 7) is 4.19. The van der Waals surface area contributed by atoms with E-state index in [4.69, 9.17) is 4.74 Å². The van der Waals surface area contributed by atoms with Gasteiger partial charge in [-0.25, -0.2) is 4.52 Å². The van der Waals surface area contributed by atoms with Gasteiger partial charge in [0, 0.05) is 31.0 Å². The molecule has 29 heavy (non-hydrogen) atoms. The van der Waals surface area contributed by atoms with Gasteiger partial charge in [0.15, 0.2) is 0 Å². The van der Waals surface area contributed by atoms with Gasteiger partial charge in [-0.2, -0.15) is 5.10 Å². The van der Waals surface area contributed by atoms with Crippen molar-refractivity contribution in [1.29, 1.82) is 0 Å². The number of hydrogen-bond acceptors (Lipinski definition) is 4. The Kier molecular flexibility index (Phi) is 5.64. The third-order valence-corrected chi connectivity index (χ3v) is 5.33. The Morgan fingerprint density at radius 3 is 2.48 bits per heavy atom. The van der Waals surface area contributed by atoms with Crippen molar-refractivity contribution >= 4 is 11.4 Å². The van der Waals surface area contributed by atoms with Crippen molar-refractivity contribution < 1.29 is 9.53 Å². The molecular weight excluding hydrogens is 368 g/mol. The minimum atomic E-state index is -0.208. The number of hydrogen-bond donors (Lipinski definition) is 0. The van der Waals surface area contributed by atoms with Gasteiger partial charge < -0.3 is 14.2 Å². The summed E-state index contributed by atoms with van der Waals surface area (Å²) in [7, 11) is 0. The molecule has 0 aliphatic carbocycles. The topological polar surface area (TPSA) is 68.8 Å². The van der Waals surface area contributed by atoms with Crippen LogP contribution in [0.4, 0.5) is 0 Å². The molecule has 0 spiro atoms. The van der Waals surface area contributed by atoms with Crippen LogP contribution >= 0.6 is 0 Å². The monoisotopic (exact) mass is 394 g/mol. The minimum Gasteiger partial charge on any atom is -0.494 e. The summed E-state index contributed by atoms with van der Waals surface area (Å²) in [5, 5.41) is 4.51. The highest BCUT2D eigenvalue weighted by Gasteiger charge is 2.17. The second kappa shape index (κ2) is 8.51. The van der Waals surface area contributed by atoms with Crippen LogP contribution in [0.3, 0.4) is 0 Å². The van der Waals surface area contributed by atoms with Crippen molar-refractivity contribution in [1.82, 2.24) is 19.1 Å². The molecule has 0 unspecified atom stereocenters. The van der Waals surface area contributed by atoms with E-state index in [0.717, 1.165) is 37.2 Å². The molecule has 152 valence electrons. The third kappa shape index (κ3) is 4.18. The summed E-state index contributed by atoms with van der Waals surface area (Å²) in [5.74, 6) is 0.805. The van der Waals surface area contributed by atoms with Gasteiger partial charge in [-0.1, -0.05) is 12.8 Å². The molecule has 0 N–H and O–H groups in total. The zero-order valence-electron chi connectivity index (χ0n) is 16.7. The predicted molar refractivity (Wildman–Crippen MR) is 111 cm³/mol. The van der Waals surface area contributed by atoms with Crippen molar-refractivity contribution in [3.8, 4) is 17.0 Å². The van der Waals surface area contributed by atoms with Crippen molar-refractivity contribution in [2.45, 2.75) is 39.2 Å². The van der Waals surface area contributed by atoms with E-state index >= 15 is 0 Å². The molecule has 1 fully saturated rings. The molecule has 3 aromatic rings. The number of benzene rings is 1. The second-order valence-electron chi connectivity index (χ2n) is 7.34. The molecule has 3 heterocycles. The normalized spacial score (nSPS) is 14.7. The Morgan fingerprint density at radius 1 is 1.07 bits per heavy atom. The first-order valence-electron chi connectivity index (χ1n) is 10.3. The Bertz CT molecular complexity index is 1040. The fourth-order valence-corrected chi connectivity index (χ4v) is 3.75. The molecule has 0 radical (unpaired) electrons. The van der Waals surface area contributed by atoms with E-state index in [1.165, 1.54) is 17.4 Å². The van der Waals surface area contributed by atoms with Crippen molar-refractivity contribution in [2.75, 3.05) is 19.7 Å². The van der Waals surface area contributed by atoms with Gasteiger partial charge in [-0.05, 0) is 50.1 Å². The molecule has 2 aromatic heterocycles. The number of nitrogens with zero attached hydrogens (tertiary/aromatic N) is 4. The summed E-state index contributed by atoms with van der Waals surface area (Å²) in [4.78, 5) is 27.4. The quantitative estimate of drug-likeness (QED) is 0.667. The van der Waals surface area contributed by atoms with E-state index in [9.17, 15) is 9.59 Å². The number of fused-ring (bicyclic) bond motifs is 1. The standard InChI is InChI=1S/C22H26N4O3/c1-2-29-18-9-7-17(8-10-18)19-15-20-22(28)25(13-14-26(20)23-19)16-21(27)24-11-5-3-4-6-12-24/h7-10,13-15H,2-6,11-12,16H2,1H3. The first-order valence-corrected chi connectivity index (χ1v) is 10.3. The van der Waals surface area contributed by atoms with E-state index < -0.39 is 0 Å². The van der Waals surface area contributed by atoms with Crippen LogP contribution < -0.4 is 10.3 Å². The van der Waals surface area contributed by atoms with Gasteiger partial charge in [0.1, 0.15) is 17.8 Å². The fourth-order valence-electron chi connectivity index (χ4n) is 3.75. The van der Waals surface area contributed by atoms with Gasteiger partial charge in [0.05, 0.1) is 12.3 Å². The molecule has 1 amide bonds.